The fourth-order valence-electron chi connectivity index (χ4n) is 3.99. The highest BCUT2D eigenvalue weighted by Gasteiger charge is 2.31. The molecule has 0 atom stereocenters. The van der Waals surface area contributed by atoms with Crippen molar-refractivity contribution in [2.24, 2.45) is 0 Å². The third kappa shape index (κ3) is 4.65. The van der Waals surface area contributed by atoms with Gasteiger partial charge in [0.05, 0.1) is 14.8 Å². The Hall–Kier alpha value is -2.47. The molecule has 2 aromatic rings. The molecule has 1 aromatic carbocycles. The van der Waals surface area contributed by atoms with Crippen LogP contribution in [0.1, 0.15) is 0 Å². The Kier molecular flexibility index (Phi) is 6.52. The van der Waals surface area contributed by atoms with E-state index in [4.69, 9.17) is 11.6 Å². The third-order valence-electron chi connectivity index (χ3n) is 5.90. The maximum absolute atomic E-state index is 13.0. The third-order valence-corrected chi connectivity index (χ3v) is 8.02. The van der Waals surface area contributed by atoms with Gasteiger partial charge in [0.1, 0.15) is 11.5 Å². The Morgan fingerprint density at radius 3 is 2.22 bits per heavy atom. The minimum Gasteiger partial charge on any atom is -0.362 e. The molecule has 2 aliphatic rings. The summed E-state index contributed by atoms with van der Waals surface area (Å²) in [5.41, 5.74) is 0.231. The molecular formula is C20H25ClN6O4S. The van der Waals surface area contributed by atoms with Crippen LogP contribution in [0.4, 0.5) is 17.2 Å². The van der Waals surface area contributed by atoms with Crippen LogP contribution in [0.15, 0.2) is 41.4 Å². The van der Waals surface area contributed by atoms with Gasteiger partial charge in [0.25, 0.3) is 5.69 Å². The molecule has 0 spiro atoms. The zero-order chi connectivity index (χ0) is 22.9. The highest BCUT2D eigenvalue weighted by molar-refractivity contribution is 7.89. The number of likely N-dealkylation sites (N-methyl/N-ethyl adjacent to an activating group) is 1. The Morgan fingerprint density at radius 2 is 1.62 bits per heavy atom. The number of aromatic nitrogens is 1. The molecule has 0 bridgehead atoms. The number of benzene rings is 1. The van der Waals surface area contributed by atoms with Gasteiger partial charge in [0.15, 0.2) is 0 Å². The summed E-state index contributed by atoms with van der Waals surface area (Å²) in [5.74, 6) is 0.803. The Balaban J connectivity index is 1.53. The Labute approximate surface area is 192 Å². The molecule has 2 saturated heterocycles. The number of sulfonamides is 1. The highest BCUT2D eigenvalue weighted by Crippen LogP contribution is 2.33. The second kappa shape index (κ2) is 9.18. The Morgan fingerprint density at radius 1 is 0.969 bits per heavy atom. The van der Waals surface area contributed by atoms with Crippen molar-refractivity contribution in [1.82, 2.24) is 14.2 Å². The lowest BCUT2D eigenvalue weighted by atomic mass is 10.2. The van der Waals surface area contributed by atoms with Crippen LogP contribution < -0.4 is 9.80 Å². The standard InChI is InChI=1S/C20H25ClN6O4S/c1-23-6-12-26(13-7-23)32(30,31)17-3-4-18(19(14-17)27(28)29)24-8-10-25(11-9-24)20-5-2-16(21)15-22-20/h2-5,14-15H,6-13H2,1H3. The topological polar surface area (TPSA) is 103 Å². The van der Waals surface area contributed by atoms with Gasteiger partial charge in [-0.15, -0.1) is 0 Å². The van der Waals surface area contributed by atoms with Crippen molar-refractivity contribution in [2.45, 2.75) is 4.90 Å². The van der Waals surface area contributed by atoms with Gasteiger partial charge in [0, 0.05) is 64.6 Å². The molecule has 0 unspecified atom stereocenters. The number of hydrogen-bond acceptors (Lipinski definition) is 8. The second-order valence-corrected chi connectivity index (χ2v) is 10.3. The second-order valence-electron chi connectivity index (χ2n) is 7.92. The van der Waals surface area contributed by atoms with E-state index < -0.39 is 14.9 Å². The van der Waals surface area contributed by atoms with Gasteiger partial charge < -0.3 is 14.7 Å². The number of piperazine rings is 2. The highest BCUT2D eigenvalue weighted by atomic mass is 35.5. The number of anilines is 2. The molecule has 3 heterocycles. The van der Waals surface area contributed by atoms with E-state index in [0.29, 0.717) is 63.1 Å². The summed E-state index contributed by atoms with van der Waals surface area (Å²) >= 11 is 5.90. The van der Waals surface area contributed by atoms with E-state index in [-0.39, 0.29) is 10.6 Å². The lowest BCUT2D eigenvalue weighted by Crippen LogP contribution is -2.47. The van der Waals surface area contributed by atoms with E-state index in [2.05, 4.69) is 14.8 Å². The predicted octanol–water partition coefficient (Wildman–Crippen LogP) is 1.91. The quantitative estimate of drug-likeness (QED) is 0.472. The molecular weight excluding hydrogens is 456 g/mol. The van der Waals surface area contributed by atoms with Gasteiger partial charge in [-0.3, -0.25) is 10.1 Å². The summed E-state index contributed by atoms with van der Waals surface area (Å²) in [6, 6.07) is 7.84. The van der Waals surface area contributed by atoms with Crippen LogP contribution in [0.5, 0.6) is 0 Å². The van der Waals surface area contributed by atoms with E-state index in [1.807, 2.05) is 18.0 Å². The van der Waals surface area contributed by atoms with Gasteiger partial charge in [-0.1, -0.05) is 11.6 Å². The van der Waals surface area contributed by atoms with Crippen molar-refractivity contribution < 1.29 is 13.3 Å². The number of rotatable bonds is 5. The average Bonchev–Trinajstić information content (AvgIpc) is 2.79. The van der Waals surface area contributed by atoms with Gasteiger partial charge >= 0.3 is 0 Å². The molecule has 4 rings (SSSR count). The van der Waals surface area contributed by atoms with Crippen LogP contribution in [-0.4, -0.2) is 86.9 Å². The predicted molar refractivity (Wildman–Crippen MR) is 123 cm³/mol. The number of nitrogens with zero attached hydrogens (tertiary/aromatic N) is 6. The number of nitro groups is 1. The fourth-order valence-corrected chi connectivity index (χ4v) is 5.54. The van der Waals surface area contributed by atoms with Crippen LogP contribution >= 0.6 is 11.6 Å². The largest absolute Gasteiger partial charge is 0.362 e. The van der Waals surface area contributed by atoms with E-state index in [1.165, 1.54) is 16.4 Å². The van der Waals surface area contributed by atoms with Gasteiger partial charge in [0.2, 0.25) is 10.0 Å². The van der Waals surface area contributed by atoms with Crippen LogP contribution in [-0.2, 0) is 10.0 Å². The number of pyridine rings is 1. The SMILES string of the molecule is CN1CCN(S(=O)(=O)c2ccc(N3CCN(c4ccc(Cl)cn4)CC3)c([N+](=O)[O-])c2)CC1. The smallest absolute Gasteiger partial charge is 0.293 e. The molecule has 32 heavy (non-hydrogen) atoms. The Bertz CT molecular complexity index is 1080. The van der Waals surface area contributed by atoms with Crippen molar-refractivity contribution in [3.8, 4) is 0 Å². The molecule has 10 nitrogen and oxygen atoms in total. The first-order chi connectivity index (χ1) is 15.3. The molecule has 12 heteroatoms. The van der Waals surface area contributed by atoms with Crippen LogP contribution in [0.3, 0.4) is 0 Å². The summed E-state index contributed by atoms with van der Waals surface area (Å²) < 4.78 is 27.4. The number of hydrogen-bond donors (Lipinski definition) is 0. The van der Waals surface area contributed by atoms with E-state index in [1.54, 1.807) is 18.3 Å². The minimum absolute atomic E-state index is 0.0403. The first-order valence-corrected chi connectivity index (χ1v) is 12.2. The minimum atomic E-state index is -3.78. The molecule has 2 fully saturated rings. The van der Waals surface area contributed by atoms with Crippen LogP contribution in [0.25, 0.3) is 0 Å². The molecule has 0 radical (unpaired) electrons. The lowest BCUT2D eigenvalue weighted by molar-refractivity contribution is -0.384. The summed E-state index contributed by atoms with van der Waals surface area (Å²) in [5, 5.41) is 12.4. The van der Waals surface area contributed by atoms with Crippen LogP contribution in [0, 0.1) is 10.1 Å². The lowest BCUT2D eigenvalue weighted by Gasteiger charge is -2.36. The normalized spacial score (nSPS) is 18.7. The molecule has 2 aliphatic heterocycles. The molecule has 0 amide bonds. The molecule has 0 aliphatic carbocycles. The monoisotopic (exact) mass is 480 g/mol. The molecule has 172 valence electrons. The van der Waals surface area contributed by atoms with Crippen molar-refractivity contribution >= 4 is 38.8 Å². The average molecular weight is 481 g/mol. The van der Waals surface area contributed by atoms with Crippen molar-refractivity contribution in [1.29, 1.82) is 0 Å². The van der Waals surface area contributed by atoms with E-state index in [9.17, 15) is 18.5 Å². The van der Waals surface area contributed by atoms with Gasteiger partial charge in [-0.05, 0) is 31.3 Å². The molecule has 0 N–H and O–H groups in total. The maximum atomic E-state index is 13.0. The van der Waals surface area contributed by atoms with Gasteiger partial charge in [-0.25, -0.2) is 13.4 Å². The zero-order valence-electron chi connectivity index (χ0n) is 17.7. The van der Waals surface area contributed by atoms with Crippen molar-refractivity contribution in [2.75, 3.05) is 69.2 Å². The first-order valence-electron chi connectivity index (χ1n) is 10.3. The summed E-state index contributed by atoms with van der Waals surface area (Å²) in [7, 11) is -1.84. The van der Waals surface area contributed by atoms with Gasteiger partial charge in [-0.2, -0.15) is 4.31 Å². The molecule has 0 saturated carbocycles. The zero-order valence-corrected chi connectivity index (χ0v) is 19.3. The van der Waals surface area contributed by atoms with Crippen molar-refractivity contribution in [3.63, 3.8) is 0 Å². The van der Waals surface area contributed by atoms with E-state index >= 15 is 0 Å². The van der Waals surface area contributed by atoms with Crippen LogP contribution in [0.2, 0.25) is 5.02 Å². The summed E-state index contributed by atoms with van der Waals surface area (Å²) in [4.78, 5) is 21.6. The summed E-state index contributed by atoms with van der Waals surface area (Å²) in [6.45, 7) is 4.37. The maximum Gasteiger partial charge on any atom is 0.293 e. The number of halogens is 1. The van der Waals surface area contributed by atoms with E-state index in [0.717, 1.165) is 5.82 Å². The van der Waals surface area contributed by atoms with Crippen molar-refractivity contribution in [3.05, 3.63) is 51.7 Å². The number of nitro benzene ring substituents is 1. The first kappa shape index (κ1) is 22.7. The summed E-state index contributed by atoms with van der Waals surface area (Å²) in [6.07, 6.45) is 1.59. The fraction of sp³-hybridized carbons (Fsp3) is 0.450. The molecule has 1 aromatic heterocycles.